The fourth-order valence-corrected chi connectivity index (χ4v) is 3.37. The van der Waals surface area contributed by atoms with Gasteiger partial charge in [0.05, 0.1) is 0 Å². The van der Waals surface area contributed by atoms with E-state index in [1.165, 1.54) is 0 Å². The molecule has 0 bridgehead atoms. The number of hydrogen-bond donors (Lipinski definition) is 2. The molecule has 0 atom stereocenters. The smallest absolute Gasteiger partial charge is 0.267 e. The van der Waals surface area contributed by atoms with Crippen molar-refractivity contribution in [1.29, 1.82) is 0 Å². The van der Waals surface area contributed by atoms with Gasteiger partial charge in [0.25, 0.3) is 5.91 Å². The van der Waals surface area contributed by atoms with E-state index in [1.54, 1.807) is 11.8 Å². The molecule has 0 saturated carbocycles. The highest BCUT2D eigenvalue weighted by atomic mass is 16.2. The standard InChI is InChI=1S/C20H19N3O2/c1-13(24)23-9-8-16-10-14(6-7-19(16)23)12-21-20(25)18-11-15-4-2-3-5-17(15)22-18/h2-7,10-11,22H,8-9,12H2,1H3,(H,21,25). The van der Waals surface area contributed by atoms with Crippen LogP contribution in [0.5, 0.6) is 0 Å². The van der Waals surface area contributed by atoms with Crippen molar-refractivity contribution in [3.63, 3.8) is 0 Å². The van der Waals surface area contributed by atoms with Crippen molar-refractivity contribution < 1.29 is 9.59 Å². The van der Waals surface area contributed by atoms with Gasteiger partial charge < -0.3 is 15.2 Å². The van der Waals surface area contributed by atoms with Crippen LogP contribution >= 0.6 is 0 Å². The fourth-order valence-electron chi connectivity index (χ4n) is 3.37. The Morgan fingerprint density at radius 2 is 2.00 bits per heavy atom. The molecule has 1 aromatic heterocycles. The molecule has 0 radical (unpaired) electrons. The number of anilines is 1. The lowest BCUT2D eigenvalue weighted by atomic mass is 10.1. The molecular weight excluding hydrogens is 314 g/mol. The van der Waals surface area contributed by atoms with E-state index >= 15 is 0 Å². The number of rotatable bonds is 3. The average molecular weight is 333 g/mol. The van der Waals surface area contributed by atoms with Gasteiger partial charge in [-0.05, 0) is 35.7 Å². The van der Waals surface area contributed by atoms with Gasteiger partial charge in [-0.25, -0.2) is 0 Å². The predicted octanol–water partition coefficient (Wildman–Crippen LogP) is 3.01. The van der Waals surface area contributed by atoms with Crippen LogP contribution in [0.25, 0.3) is 10.9 Å². The number of benzene rings is 2. The summed E-state index contributed by atoms with van der Waals surface area (Å²) in [5, 5.41) is 3.97. The average Bonchev–Trinajstić information content (AvgIpc) is 3.23. The number of amides is 2. The van der Waals surface area contributed by atoms with Crippen molar-refractivity contribution in [3.05, 3.63) is 65.4 Å². The molecule has 1 aliphatic rings. The first kappa shape index (κ1) is 15.4. The number of aromatic nitrogens is 1. The summed E-state index contributed by atoms with van der Waals surface area (Å²) in [4.78, 5) is 28.9. The van der Waals surface area contributed by atoms with Crippen LogP contribution in [0.4, 0.5) is 5.69 Å². The zero-order chi connectivity index (χ0) is 17.4. The second-order valence-electron chi connectivity index (χ2n) is 6.34. The molecule has 0 saturated heterocycles. The number of hydrogen-bond acceptors (Lipinski definition) is 2. The highest BCUT2D eigenvalue weighted by molar-refractivity contribution is 5.98. The number of carbonyl (C=O) groups is 2. The maximum absolute atomic E-state index is 12.4. The molecule has 2 heterocycles. The third-order valence-electron chi connectivity index (χ3n) is 4.65. The molecular formula is C20H19N3O2. The number of carbonyl (C=O) groups excluding carboxylic acids is 2. The van der Waals surface area contributed by atoms with Crippen LogP contribution in [0, 0.1) is 0 Å². The molecule has 2 amide bonds. The van der Waals surface area contributed by atoms with Gasteiger partial charge in [0.1, 0.15) is 5.69 Å². The molecule has 2 N–H and O–H groups in total. The first-order chi connectivity index (χ1) is 12.1. The summed E-state index contributed by atoms with van der Waals surface area (Å²) in [5.41, 5.74) is 4.69. The Balaban J connectivity index is 1.46. The lowest BCUT2D eigenvalue weighted by molar-refractivity contribution is -0.116. The molecule has 0 spiro atoms. The topological polar surface area (TPSA) is 65.2 Å². The Kier molecular flexibility index (Phi) is 3.76. The summed E-state index contributed by atoms with van der Waals surface area (Å²) >= 11 is 0. The number of nitrogens with one attached hydrogen (secondary N) is 2. The number of aromatic amines is 1. The predicted molar refractivity (Wildman–Crippen MR) is 97.6 cm³/mol. The minimum atomic E-state index is -0.123. The van der Waals surface area contributed by atoms with E-state index in [2.05, 4.69) is 16.4 Å². The van der Waals surface area contributed by atoms with Crippen LogP contribution < -0.4 is 10.2 Å². The quantitative estimate of drug-likeness (QED) is 0.774. The van der Waals surface area contributed by atoms with E-state index in [-0.39, 0.29) is 11.8 Å². The first-order valence-electron chi connectivity index (χ1n) is 8.38. The van der Waals surface area contributed by atoms with Gasteiger partial charge in [-0.15, -0.1) is 0 Å². The molecule has 4 rings (SSSR count). The number of fused-ring (bicyclic) bond motifs is 2. The van der Waals surface area contributed by atoms with Crippen LogP contribution in [0.1, 0.15) is 28.5 Å². The molecule has 2 aromatic carbocycles. The van der Waals surface area contributed by atoms with Gasteiger partial charge in [0, 0.05) is 36.6 Å². The maximum Gasteiger partial charge on any atom is 0.267 e. The van der Waals surface area contributed by atoms with Crippen molar-refractivity contribution >= 4 is 28.4 Å². The summed E-state index contributed by atoms with van der Waals surface area (Å²) in [5.74, 6) is -0.0549. The van der Waals surface area contributed by atoms with Gasteiger partial charge in [0.2, 0.25) is 5.91 Å². The number of nitrogens with zero attached hydrogens (tertiary/aromatic N) is 1. The van der Waals surface area contributed by atoms with Crippen molar-refractivity contribution in [3.8, 4) is 0 Å². The largest absolute Gasteiger partial charge is 0.351 e. The minimum Gasteiger partial charge on any atom is -0.351 e. The minimum absolute atomic E-state index is 0.0682. The zero-order valence-electron chi connectivity index (χ0n) is 14.0. The summed E-state index contributed by atoms with van der Waals surface area (Å²) in [6.45, 7) is 2.78. The van der Waals surface area contributed by atoms with E-state index in [1.807, 2.05) is 42.5 Å². The molecule has 0 fully saturated rings. The lowest BCUT2D eigenvalue weighted by Gasteiger charge is -2.15. The zero-order valence-corrected chi connectivity index (χ0v) is 14.0. The van der Waals surface area contributed by atoms with Crippen LogP contribution in [0.15, 0.2) is 48.5 Å². The van der Waals surface area contributed by atoms with Gasteiger partial charge in [-0.3, -0.25) is 9.59 Å². The first-order valence-corrected chi connectivity index (χ1v) is 8.38. The fraction of sp³-hybridized carbons (Fsp3) is 0.200. The Morgan fingerprint density at radius 3 is 2.80 bits per heavy atom. The Labute approximate surface area is 145 Å². The number of para-hydroxylation sites is 1. The van der Waals surface area contributed by atoms with E-state index in [9.17, 15) is 9.59 Å². The third-order valence-corrected chi connectivity index (χ3v) is 4.65. The van der Waals surface area contributed by atoms with Gasteiger partial charge in [-0.2, -0.15) is 0 Å². The van der Waals surface area contributed by atoms with Crippen LogP contribution in [0.3, 0.4) is 0 Å². The van der Waals surface area contributed by atoms with Crippen LogP contribution in [0.2, 0.25) is 0 Å². The SMILES string of the molecule is CC(=O)N1CCc2cc(CNC(=O)c3cc4ccccc4[nH]3)ccc21. The van der Waals surface area contributed by atoms with Crippen LogP contribution in [-0.4, -0.2) is 23.3 Å². The summed E-state index contributed by atoms with van der Waals surface area (Å²) < 4.78 is 0. The summed E-state index contributed by atoms with van der Waals surface area (Å²) in [6.07, 6.45) is 0.860. The molecule has 0 aliphatic carbocycles. The van der Waals surface area contributed by atoms with Gasteiger partial charge >= 0.3 is 0 Å². The monoisotopic (exact) mass is 333 g/mol. The van der Waals surface area contributed by atoms with Crippen molar-refractivity contribution in [2.24, 2.45) is 0 Å². The normalized spacial score (nSPS) is 13.1. The summed E-state index contributed by atoms with van der Waals surface area (Å²) in [7, 11) is 0. The molecule has 5 heteroatoms. The van der Waals surface area contributed by atoms with E-state index < -0.39 is 0 Å². The van der Waals surface area contributed by atoms with Crippen molar-refractivity contribution in [2.75, 3.05) is 11.4 Å². The van der Waals surface area contributed by atoms with Gasteiger partial charge in [-0.1, -0.05) is 30.3 Å². The Bertz CT molecular complexity index is 941. The van der Waals surface area contributed by atoms with E-state index in [0.29, 0.717) is 12.2 Å². The molecule has 3 aromatic rings. The second kappa shape index (κ2) is 6.09. The molecule has 5 nitrogen and oxygen atoms in total. The van der Waals surface area contributed by atoms with E-state index in [4.69, 9.17) is 0 Å². The lowest BCUT2D eigenvalue weighted by Crippen LogP contribution is -2.25. The number of H-pyrrole nitrogens is 1. The van der Waals surface area contributed by atoms with E-state index in [0.717, 1.165) is 40.7 Å². The highest BCUT2D eigenvalue weighted by Crippen LogP contribution is 2.28. The molecule has 0 unspecified atom stereocenters. The molecule has 126 valence electrons. The second-order valence-corrected chi connectivity index (χ2v) is 6.34. The van der Waals surface area contributed by atoms with Crippen LogP contribution in [-0.2, 0) is 17.8 Å². The van der Waals surface area contributed by atoms with Gasteiger partial charge in [0.15, 0.2) is 0 Å². The molecule has 25 heavy (non-hydrogen) atoms. The summed E-state index contributed by atoms with van der Waals surface area (Å²) in [6, 6.07) is 15.7. The Morgan fingerprint density at radius 1 is 1.16 bits per heavy atom. The molecule has 1 aliphatic heterocycles. The van der Waals surface area contributed by atoms with Crippen molar-refractivity contribution in [1.82, 2.24) is 10.3 Å². The maximum atomic E-state index is 12.4. The third kappa shape index (κ3) is 2.89. The highest BCUT2D eigenvalue weighted by Gasteiger charge is 2.22. The van der Waals surface area contributed by atoms with Crippen molar-refractivity contribution in [2.45, 2.75) is 19.9 Å². The Hall–Kier alpha value is -3.08.